The van der Waals surface area contributed by atoms with Gasteiger partial charge in [0, 0.05) is 13.5 Å². The van der Waals surface area contributed by atoms with Crippen molar-refractivity contribution in [2.75, 3.05) is 6.54 Å². The van der Waals surface area contributed by atoms with Crippen LogP contribution in [0.2, 0.25) is 0 Å². The molecule has 110 valence electrons. The van der Waals surface area contributed by atoms with E-state index in [0.29, 0.717) is 18.5 Å². The Morgan fingerprint density at radius 1 is 1.25 bits per heavy atom. The molecule has 4 nitrogen and oxygen atoms in total. The lowest BCUT2D eigenvalue weighted by atomic mass is 9.78. The van der Waals surface area contributed by atoms with Crippen molar-refractivity contribution < 1.29 is 14.7 Å². The highest BCUT2D eigenvalue weighted by molar-refractivity contribution is 5.87. The van der Waals surface area contributed by atoms with Crippen LogP contribution in [0.1, 0.15) is 39.7 Å². The van der Waals surface area contributed by atoms with Gasteiger partial charge >= 0.3 is 5.97 Å². The van der Waals surface area contributed by atoms with Gasteiger partial charge in [-0.15, -0.1) is 0 Å². The van der Waals surface area contributed by atoms with Crippen molar-refractivity contribution in [2.45, 2.75) is 39.7 Å². The second-order valence-electron chi connectivity index (χ2n) is 5.26. The van der Waals surface area contributed by atoms with Crippen molar-refractivity contribution in [2.24, 2.45) is 5.92 Å². The fourth-order valence-corrected chi connectivity index (χ4v) is 2.78. The Labute approximate surface area is 120 Å². The molecule has 1 N–H and O–H groups in total. The van der Waals surface area contributed by atoms with Crippen molar-refractivity contribution in [1.29, 1.82) is 0 Å². The molecule has 0 fully saturated rings. The first-order valence-corrected chi connectivity index (χ1v) is 6.96. The van der Waals surface area contributed by atoms with Gasteiger partial charge in [-0.2, -0.15) is 0 Å². The summed E-state index contributed by atoms with van der Waals surface area (Å²) in [7, 11) is 0. The molecule has 1 unspecified atom stereocenters. The van der Waals surface area contributed by atoms with E-state index in [1.165, 1.54) is 11.8 Å². The first-order valence-electron chi connectivity index (χ1n) is 6.96. The highest BCUT2D eigenvalue weighted by atomic mass is 16.4. The van der Waals surface area contributed by atoms with Gasteiger partial charge in [0.05, 0.1) is 0 Å². The van der Waals surface area contributed by atoms with E-state index < -0.39 is 11.5 Å². The number of hydrogen-bond donors (Lipinski definition) is 1. The van der Waals surface area contributed by atoms with Gasteiger partial charge in [0.1, 0.15) is 0 Å². The lowest BCUT2D eigenvalue weighted by Crippen LogP contribution is -2.57. The number of hydrogen-bond acceptors (Lipinski definition) is 2. The van der Waals surface area contributed by atoms with Crippen molar-refractivity contribution >= 4 is 11.9 Å². The van der Waals surface area contributed by atoms with E-state index in [1.807, 2.05) is 26.8 Å². The SMILES string of the molecule is CCCN(C(C)=O)C(C(=O)O)(c1ccccc1)C(C)C. The highest BCUT2D eigenvalue weighted by Gasteiger charge is 2.49. The van der Waals surface area contributed by atoms with Crippen LogP contribution >= 0.6 is 0 Å². The molecule has 1 amide bonds. The molecule has 0 saturated carbocycles. The van der Waals surface area contributed by atoms with Gasteiger partial charge in [0.2, 0.25) is 5.91 Å². The number of aliphatic carboxylic acids is 1. The molecule has 20 heavy (non-hydrogen) atoms. The van der Waals surface area contributed by atoms with E-state index in [0.717, 1.165) is 0 Å². The van der Waals surface area contributed by atoms with Crippen molar-refractivity contribution in [1.82, 2.24) is 4.90 Å². The second kappa shape index (κ2) is 6.55. The van der Waals surface area contributed by atoms with Crippen LogP contribution in [-0.2, 0) is 15.1 Å². The lowest BCUT2D eigenvalue weighted by Gasteiger charge is -2.43. The Balaban J connectivity index is 3.54. The van der Waals surface area contributed by atoms with E-state index >= 15 is 0 Å². The topological polar surface area (TPSA) is 57.6 Å². The molecule has 0 aromatic heterocycles. The quantitative estimate of drug-likeness (QED) is 0.869. The molecular weight excluding hydrogens is 254 g/mol. The van der Waals surface area contributed by atoms with E-state index in [1.54, 1.807) is 24.3 Å². The number of carbonyl (C=O) groups is 2. The molecule has 0 aliphatic heterocycles. The number of carbonyl (C=O) groups excluding carboxylic acids is 1. The largest absolute Gasteiger partial charge is 0.479 e. The smallest absolute Gasteiger partial charge is 0.334 e. The zero-order valence-electron chi connectivity index (χ0n) is 12.6. The van der Waals surface area contributed by atoms with Gasteiger partial charge in [-0.3, -0.25) is 4.79 Å². The summed E-state index contributed by atoms with van der Waals surface area (Å²) in [4.78, 5) is 25.6. The number of rotatable bonds is 6. The van der Waals surface area contributed by atoms with Gasteiger partial charge in [-0.05, 0) is 17.9 Å². The average Bonchev–Trinajstić information content (AvgIpc) is 2.38. The zero-order chi connectivity index (χ0) is 15.3. The molecule has 1 aromatic carbocycles. The fraction of sp³-hybridized carbons (Fsp3) is 0.500. The Bertz CT molecular complexity index is 470. The first-order chi connectivity index (χ1) is 9.38. The number of benzene rings is 1. The number of carboxylic acid groups (broad SMARTS) is 1. The second-order valence-corrected chi connectivity index (χ2v) is 5.26. The number of carboxylic acids is 1. The Morgan fingerprint density at radius 3 is 2.15 bits per heavy atom. The number of nitrogens with zero attached hydrogens (tertiary/aromatic N) is 1. The maximum absolute atomic E-state index is 12.1. The van der Waals surface area contributed by atoms with Gasteiger partial charge in [-0.1, -0.05) is 51.1 Å². The minimum absolute atomic E-state index is 0.216. The van der Waals surface area contributed by atoms with E-state index in [4.69, 9.17) is 0 Å². The molecule has 1 rings (SSSR count). The van der Waals surface area contributed by atoms with Gasteiger partial charge in [0.15, 0.2) is 5.54 Å². The van der Waals surface area contributed by atoms with E-state index in [-0.39, 0.29) is 11.8 Å². The Morgan fingerprint density at radius 2 is 1.80 bits per heavy atom. The van der Waals surface area contributed by atoms with Gasteiger partial charge in [-0.25, -0.2) is 4.79 Å². The lowest BCUT2D eigenvalue weighted by molar-refractivity contribution is -0.163. The molecular formula is C16H23NO3. The predicted molar refractivity (Wildman–Crippen MR) is 78.3 cm³/mol. The summed E-state index contributed by atoms with van der Waals surface area (Å²) in [6.07, 6.45) is 0.716. The van der Waals surface area contributed by atoms with Crippen LogP contribution in [-0.4, -0.2) is 28.4 Å². The average molecular weight is 277 g/mol. The summed E-state index contributed by atoms with van der Waals surface area (Å²) >= 11 is 0. The van der Waals surface area contributed by atoms with Gasteiger partial charge in [0.25, 0.3) is 0 Å². The predicted octanol–water partition coefficient (Wildman–Crippen LogP) is 2.88. The molecule has 1 atom stereocenters. The third-order valence-corrected chi connectivity index (χ3v) is 3.63. The summed E-state index contributed by atoms with van der Waals surface area (Å²) in [5.41, 5.74) is -0.672. The molecule has 0 saturated heterocycles. The van der Waals surface area contributed by atoms with E-state index in [2.05, 4.69) is 0 Å². The maximum Gasteiger partial charge on any atom is 0.334 e. The molecule has 0 spiro atoms. The Kier molecular flexibility index (Phi) is 5.31. The zero-order valence-corrected chi connectivity index (χ0v) is 12.6. The monoisotopic (exact) mass is 277 g/mol. The van der Waals surface area contributed by atoms with Crippen molar-refractivity contribution in [3.63, 3.8) is 0 Å². The van der Waals surface area contributed by atoms with Crippen LogP contribution in [0.15, 0.2) is 30.3 Å². The van der Waals surface area contributed by atoms with Crippen molar-refractivity contribution in [3.05, 3.63) is 35.9 Å². The van der Waals surface area contributed by atoms with Crippen LogP contribution in [0.5, 0.6) is 0 Å². The third kappa shape index (κ3) is 2.69. The third-order valence-electron chi connectivity index (χ3n) is 3.63. The minimum Gasteiger partial charge on any atom is -0.479 e. The van der Waals surface area contributed by atoms with Crippen LogP contribution in [0.3, 0.4) is 0 Å². The molecule has 4 heteroatoms. The summed E-state index contributed by atoms with van der Waals surface area (Å²) in [5, 5.41) is 9.90. The summed E-state index contributed by atoms with van der Waals surface area (Å²) in [6.45, 7) is 7.47. The van der Waals surface area contributed by atoms with Crippen LogP contribution in [0, 0.1) is 5.92 Å². The molecule has 1 aromatic rings. The van der Waals surface area contributed by atoms with Crippen molar-refractivity contribution in [3.8, 4) is 0 Å². The molecule has 0 bridgehead atoms. The van der Waals surface area contributed by atoms with Crippen LogP contribution < -0.4 is 0 Å². The molecule has 0 radical (unpaired) electrons. The van der Waals surface area contributed by atoms with Crippen LogP contribution in [0.25, 0.3) is 0 Å². The summed E-state index contributed by atoms with van der Waals surface area (Å²) in [5.74, 6) is -1.44. The first kappa shape index (κ1) is 16.2. The van der Waals surface area contributed by atoms with Crippen LogP contribution in [0.4, 0.5) is 0 Å². The summed E-state index contributed by atoms with van der Waals surface area (Å²) in [6, 6.07) is 9.01. The molecule has 0 heterocycles. The molecule has 0 aliphatic carbocycles. The van der Waals surface area contributed by atoms with Gasteiger partial charge < -0.3 is 10.0 Å². The van der Waals surface area contributed by atoms with E-state index in [9.17, 15) is 14.7 Å². The standard InChI is InChI=1S/C16H23NO3/c1-5-11-17(13(4)18)16(12(2)3,15(19)20)14-9-7-6-8-10-14/h6-10,12H,5,11H2,1-4H3,(H,19,20). The summed E-state index contributed by atoms with van der Waals surface area (Å²) < 4.78 is 0. The maximum atomic E-state index is 12.1. The minimum atomic E-state index is -1.32. The normalized spacial score (nSPS) is 13.8. The number of amides is 1. The molecule has 0 aliphatic rings. The highest BCUT2D eigenvalue weighted by Crippen LogP contribution is 2.37. The fourth-order valence-electron chi connectivity index (χ4n) is 2.78. The Hall–Kier alpha value is -1.84.